The summed E-state index contributed by atoms with van der Waals surface area (Å²) in [7, 11) is 1.25. The van der Waals surface area contributed by atoms with E-state index in [1.165, 1.54) is 14.0 Å². The van der Waals surface area contributed by atoms with Crippen LogP contribution in [0.25, 0.3) is 11.1 Å². The molecule has 0 unspecified atom stereocenters. The molecule has 4 bridgehead atoms. The van der Waals surface area contributed by atoms with Gasteiger partial charge in [0, 0.05) is 6.42 Å². The fraction of sp³-hybridized carbons (Fsp3) is 0.385. The molecule has 3 N–H and O–H groups in total. The number of nitrogens with one attached hydrogen (secondary N) is 3. The molecule has 0 radical (unpaired) electrons. The molecule has 3 atom stereocenters. The van der Waals surface area contributed by atoms with Gasteiger partial charge in [0.05, 0.1) is 7.11 Å². The topological polar surface area (TPSA) is 123 Å². The molecule has 0 fully saturated rings. The molecule has 3 rings (SSSR count). The van der Waals surface area contributed by atoms with E-state index < -0.39 is 47.6 Å². The fourth-order valence-corrected chi connectivity index (χ4v) is 3.73. The summed E-state index contributed by atoms with van der Waals surface area (Å²) in [6.07, 6.45) is -0.552. The van der Waals surface area contributed by atoms with Gasteiger partial charge < -0.3 is 25.4 Å². The zero-order valence-corrected chi connectivity index (χ0v) is 20.5. The molecule has 1 aliphatic rings. The third kappa shape index (κ3) is 6.81. The maximum absolute atomic E-state index is 13.2. The Hall–Kier alpha value is -3.88. The van der Waals surface area contributed by atoms with Crippen LogP contribution in [0.2, 0.25) is 0 Å². The number of hydrogen-bond acceptors (Lipinski definition) is 6. The molecule has 9 nitrogen and oxygen atoms in total. The summed E-state index contributed by atoms with van der Waals surface area (Å²) >= 11 is 0. The van der Waals surface area contributed by atoms with Crippen LogP contribution in [-0.2, 0) is 30.3 Å². The molecule has 35 heavy (non-hydrogen) atoms. The summed E-state index contributed by atoms with van der Waals surface area (Å²) in [5, 5.41) is 7.89. The minimum absolute atomic E-state index is 0.218. The normalized spacial score (nSPS) is 20.5. The molecule has 2 aromatic rings. The smallest absolute Gasteiger partial charge is 0.408 e. The number of hydrogen-bond donors (Lipinski definition) is 3. The number of fused-ring (bicyclic) bond motifs is 5. The average molecular weight is 482 g/mol. The molecular formula is C26H31N3O6. The number of esters is 1. The van der Waals surface area contributed by atoms with E-state index >= 15 is 0 Å². The third-order valence-corrected chi connectivity index (χ3v) is 5.40. The van der Waals surface area contributed by atoms with Gasteiger partial charge in [0.1, 0.15) is 23.7 Å². The minimum Gasteiger partial charge on any atom is -0.467 e. The highest BCUT2D eigenvalue weighted by atomic mass is 16.6. The van der Waals surface area contributed by atoms with Crippen molar-refractivity contribution in [3.8, 4) is 11.1 Å². The number of rotatable bonds is 2. The summed E-state index contributed by atoms with van der Waals surface area (Å²) < 4.78 is 10.2. The highest BCUT2D eigenvalue weighted by Gasteiger charge is 2.30. The first kappa shape index (κ1) is 25.7. The molecular weight excluding hydrogens is 450 g/mol. The van der Waals surface area contributed by atoms with E-state index in [-0.39, 0.29) is 6.42 Å². The van der Waals surface area contributed by atoms with Crippen LogP contribution in [-0.4, -0.2) is 48.7 Å². The van der Waals surface area contributed by atoms with Crippen LogP contribution in [0.5, 0.6) is 0 Å². The number of alkyl carbamates (subject to hydrolysis) is 1. The van der Waals surface area contributed by atoms with Crippen LogP contribution in [0, 0.1) is 0 Å². The summed E-state index contributed by atoms with van der Waals surface area (Å²) in [6, 6.07) is 11.7. The molecule has 186 valence electrons. The van der Waals surface area contributed by atoms with Gasteiger partial charge in [-0.15, -0.1) is 0 Å². The number of benzene rings is 2. The van der Waals surface area contributed by atoms with Crippen LogP contribution < -0.4 is 16.0 Å². The molecule has 1 aliphatic heterocycles. The van der Waals surface area contributed by atoms with Gasteiger partial charge in [0.25, 0.3) is 0 Å². The van der Waals surface area contributed by atoms with E-state index in [0.717, 1.165) is 16.7 Å². The Morgan fingerprint density at radius 2 is 1.63 bits per heavy atom. The quantitative estimate of drug-likeness (QED) is 0.567. The molecule has 0 spiro atoms. The summed E-state index contributed by atoms with van der Waals surface area (Å²) in [5.74, 6) is -1.76. The summed E-state index contributed by atoms with van der Waals surface area (Å²) in [5.41, 5.74) is 2.24. The SMILES string of the molecule is COC(=O)[C@@H]1Cc2cccc(c2)-c2cccc(c2)[C@H](NC(=O)OC(C)(C)C)C(=O)N[C@@H](C)C(=O)N1. The van der Waals surface area contributed by atoms with Crippen molar-refractivity contribution in [1.29, 1.82) is 0 Å². The second-order valence-corrected chi connectivity index (χ2v) is 9.42. The van der Waals surface area contributed by atoms with Gasteiger partial charge in [0.15, 0.2) is 0 Å². The Labute approximate surface area is 204 Å². The highest BCUT2D eigenvalue weighted by Crippen LogP contribution is 2.26. The van der Waals surface area contributed by atoms with Gasteiger partial charge in [-0.25, -0.2) is 9.59 Å². The number of ether oxygens (including phenoxy) is 2. The molecule has 0 aromatic heterocycles. The first-order valence-corrected chi connectivity index (χ1v) is 11.3. The van der Waals surface area contributed by atoms with Gasteiger partial charge >= 0.3 is 12.1 Å². The van der Waals surface area contributed by atoms with E-state index in [1.807, 2.05) is 30.3 Å². The number of carbonyl (C=O) groups is 4. The van der Waals surface area contributed by atoms with Crippen molar-refractivity contribution in [3.05, 3.63) is 59.7 Å². The lowest BCUT2D eigenvalue weighted by molar-refractivity contribution is -0.145. The number of methoxy groups -OCH3 is 1. The number of carbonyl (C=O) groups excluding carboxylic acids is 4. The van der Waals surface area contributed by atoms with Crippen molar-refractivity contribution < 1.29 is 28.7 Å². The Morgan fingerprint density at radius 1 is 0.971 bits per heavy atom. The lowest BCUT2D eigenvalue weighted by Crippen LogP contribution is -2.53. The summed E-state index contributed by atoms with van der Waals surface area (Å²) in [4.78, 5) is 51.0. The number of amides is 3. The molecule has 9 heteroatoms. The van der Waals surface area contributed by atoms with E-state index in [4.69, 9.17) is 9.47 Å². The van der Waals surface area contributed by atoms with E-state index in [0.29, 0.717) is 5.56 Å². The van der Waals surface area contributed by atoms with Crippen LogP contribution >= 0.6 is 0 Å². The Bertz CT molecular complexity index is 1120. The van der Waals surface area contributed by atoms with Gasteiger partial charge in [-0.05, 0) is 56.0 Å². The maximum atomic E-state index is 13.2. The average Bonchev–Trinajstić information content (AvgIpc) is 2.80. The molecule has 3 amide bonds. The van der Waals surface area contributed by atoms with E-state index in [1.54, 1.807) is 39.0 Å². The van der Waals surface area contributed by atoms with Crippen LogP contribution in [0.4, 0.5) is 4.79 Å². The zero-order chi connectivity index (χ0) is 25.8. The minimum atomic E-state index is -1.12. The van der Waals surface area contributed by atoms with Crippen molar-refractivity contribution in [2.24, 2.45) is 0 Å². The molecule has 0 saturated carbocycles. The van der Waals surface area contributed by atoms with Crippen molar-refractivity contribution in [2.75, 3.05) is 7.11 Å². The predicted molar refractivity (Wildman–Crippen MR) is 129 cm³/mol. The first-order valence-electron chi connectivity index (χ1n) is 11.3. The second kappa shape index (κ2) is 10.6. The van der Waals surface area contributed by atoms with Gasteiger partial charge in [0.2, 0.25) is 11.8 Å². The van der Waals surface area contributed by atoms with Crippen molar-refractivity contribution in [2.45, 2.75) is 57.8 Å². The zero-order valence-electron chi connectivity index (χ0n) is 20.5. The van der Waals surface area contributed by atoms with E-state index in [9.17, 15) is 19.2 Å². The second-order valence-electron chi connectivity index (χ2n) is 9.42. The van der Waals surface area contributed by atoms with Crippen molar-refractivity contribution in [3.63, 3.8) is 0 Å². The highest BCUT2D eigenvalue weighted by molar-refractivity contribution is 5.93. The Balaban J connectivity index is 2.06. The molecule has 0 saturated heterocycles. The van der Waals surface area contributed by atoms with Gasteiger partial charge in [-0.1, -0.05) is 42.5 Å². The standard InChI is InChI=1S/C26H31N3O6/c1-15-22(30)28-20(24(32)34-5)13-16-8-6-9-17(12-16)18-10-7-11-19(14-18)21(23(31)27-15)29-25(33)35-26(2,3)4/h6-12,14-15,20-21H,13H2,1-5H3,(H,27,31)(H,28,30)(H,29,33)/t15-,20-,21-/m0/s1. The van der Waals surface area contributed by atoms with Gasteiger partial charge in [-0.3, -0.25) is 9.59 Å². The fourth-order valence-electron chi connectivity index (χ4n) is 3.73. The van der Waals surface area contributed by atoms with Crippen LogP contribution in [0.3, 0.4) is 0 Å². The molecule has 0 aliphatic carbocycles. The van der Waals surface area contributed by atoms with Crippen LogP contribution in [0.1, 0.15) is 44.9 Å². The maximum Gasteiger partial charge on any atom is 0.408 e. The van der Waals surface area contributed by atoms with E-state index in [2.05, 4.69) is 16.0 Å². The molecule has 2 aromatic carbocycles. The predicted octanol–water partition coefficient (Wildman–Crippen LogP) is 2.64. The first-order chi connectivity index (χ1) is 16.5. The van der Waals surface area contributed by atoms with Crippen molar-refractivity contribution >= 4 is 23.9 Å². The Kier molecular flexibility index (Phi) is 7.78. The lowest BCUT2D eigenvalue weighted by Gasteiger charge is -2.26. The van der Waals surface area contributed by atoms with Crippen LogP contribution in [0.15, 0.2) is 48.5 Å². The lowest BCUT2D eigenvalue weighted by atomic mass is 9.96. The largest absolute Gasteiger partial charge is 0.467 e. The molecule has 1 heterocycles. The third-order valence-electron chi connectivity index (χ3n) is 5.40. The monoisotopic (exact) mass is 481 g/mol. The van der Waals surface area contributed by atoms with Crippen molar-refractivity contribution in [1.82, 2.24) is 16.0 Å². The Morgan fingerprint density at radius 3 is 2.29 bits per heavy atom. The van der Waals surface area contributed by atoms with Gasteiger partial charge in [-0.2, -0.15) is 0 Å². The summed E-state index contributed by atoms with van der Waals surface area (Å²) in [6.45, 7) is 6.66.